The van der Waals surface area contributed by atoms with Gasteiger partial charge < -0.3 is 15.9 Å². The van der Waals surface area contributed by atoms with Crippen LogP contribution in [0.15, 0.2) is 18.2 Å². The van der Waals surface area contributed by atoms with Gasteiger partial charge >= 0.3 is 0 Å². The Kier molecular flexibility index (Phi) is 9.37. The molecule has 0 spiro atoms. The zero-order valence-corrected chi connectivity index (χ0v) is 14.8. The van der Waals surface area contributed by atoms with Crippen LogP contribution in [0.1, 0.15) is 82.7 Å². The SMILES string of the molecule is CCCCC(O)(CCCC)CCc1cccc([C@H](O)CCN)n1. The van der Waals surface area contributed by atoms with E-state index >= 15 is 0 Å². The topological polar surface area (TPSA) is 79.4 Å². The maximum atomic E-state index is 10.9. The highest BCUT2D eigenvalue weighted by Gasteiger charge is 2.25. The molecule has 0 saturated heterocycles. The Morgan fingerprint density at radius 1 is 1.13 bits per heavy atom. The minimum Gasteiger partial charge on any atom is -0.390 e. The summed E-state index contributed by atoms with van der Waals surface area (Å²) in [6.45, 7) is 4.76. The van der Waals surface area contributed by atoms with Crippen molar-refractivity contribution in [3.05, 3.63) is 29.6 Å². The van der Waals surface area contributed by atoms with Gasteiger partial charge in [-0.15, -0.1) is 0 Å². The molecule has 1 atom stereocenters. The molecule has 1 aromatic rings. The second-order valence-electron chi connectivity index (χ2n) is 6.58. The van der Waals surface area contributed by atoms with Crippen LogP contribution in [-0.2, 0) is 6.42 Å². The summed E-state index contributed by atoms with van der Waals surface area (Å²) in [5.41, 5.74) is 6.52. The van der Waals surface area contributed by atoms with Gasteiger partial charge in [-0.25, -0.2) is 0 Å². The minimum absolute atomic E-state index is 0.445. The molecule has 23 heavy (non-hydrogen) atoms. The molecule has 1 rings (SSSR count). The van der Waals surface area contributed by atoms with Crippen LogP contribution in [0.3, 0.4) is 0 Å². The summed E-state index contributed by atoms with van der Waals surface area (Å²) in [4.78, 5) is 4.54. The van der Waals surface area contributed by atoms with Crippen LogP contribution in [0.2, 0.25) is 0 Å². The van der Waals surface area contributed by atoms with E-state index in [4.69, 9.17) is 5.73 Å². The van der Waals surface area contributed by atoms with Crippen molar-refractivity contribution in [1.82, 2.24) is 4.98 Å². The van der Waals surface area contributed by atoms with Gasteiger partial charge in [0, 0.05) is 5.69 Å². The summed E-state index contributed by atoms with van der Waals surface area (Å²) in [6.07, 6.45) is 7.45. The van der Waals surface area contributed by atoms with E-state index in [1.165, 1.54) is 0 Å². The van der Waals surface area contributed by atoms with E-state index in [1.807, 2.05) is 18.2 Å². The average Bonchev–Trinajstić information content (AvgIpc) is 2.57. The normalized spacial score (nSPS) is 13.3. The molecule has 4 N–H and O–H groups in total. The molecule has 4 nitrogen and oxygen atoms in total. The van der Waals surface area contributed by atoms with E-state index in [-0.39, 0.29) is 0 Å². The second-order valence-corrected chi connectivity index (χ2v) is 6.58. The molecule has 0 radical (unpaired) electrons. The fourth-order valence-corrected chi connectivity index (χ4v) is 2.88. The number of rotatable bonds is 12. The number of nitrogens with zero attached hydrogens (tertiary/aromatic N) is 1. The van der Waals surface area contributed by atoms with Crippen molar-refractivity contribution < 1.29 is 10.2 Å². The largest absolute Gasteiger partial charge is 0.390 e. The molecule has 132 valence electrons. The first-order valence-electron chi connectivity index (χ1n) is 9.11. The lowest BCUT2D eigenvalue weighted by molar-refractivity contribution is 0.0103. The maximum Gasteiger partial charge on any atom is 0.0971 e. The van der Waals surface area contributed by atoms with E-state index in [9.17, 15) is 10.2 Å². The maximum absolute atomic E-state index is 10.9. The molecular weight excluding hydrogens is 288 g/mol. The van der Waals surface area contributed by atoms with E-state index in [2.05, 4.69) is 18.8 Å². The van der Waals surface area contributed by atoms with Gasteiger partial charge in [0.05, 0.1) is 17.4 Å². The quantitative estimate of drug-likeness (QED) is 0.550. The number of hydrogen-bond donors (Lipinski definition) is 3. The first kappa shape index (κ1) is 20.1. The van der Waals surface area contributed by atoms with Crippen LogP contribution < -0.4 is 5.73 Å². The van der Waals surface area contributed by atoms with Crippen LogP contribution in [0.4, 0.5) is 0 Å². The van der Waals surface area contributed by atoms with Crippen LogP contribution in [0, 0.1) is 0 Å². The molecule has 0 aliphatic carbocycles. The molecule has 0 unspecified atom stereocenters. The molecule has 0 aliphatic heterocycles. The average molecular weight is 322 g/mol. The third-order valence-corrected chi connectivity index (χ3v) is 4.45. The van der Waals surface area contributed by atoms with Gasteiger partial charge in [0.2, 0.25) is 0 Å². The number of hydrogen-bond acceptors (Lipinski definition) is 4. The van der Waals surface area contributed by atoms with Crippen molar-refractivity contribution in [2.45, 2.75) is 83.3 Å². The van der Waals surface area contributed by atoms with Gasteiger partial charge in [0.25, 0.3) is 0 Å². The smallest absolute Gasteiger partial charge is 0.0971 e. The molecule has 0 saturated carbocycles. The third-order valence-electron chi connectivity index (χ3n) is 4.45. The minimum atomic E-state index is -0.598. The Labute approximate surface area is 141 Å². The van der Waals surface area contributed by atoms with Gasteiger partial charge in [-0.3, -0.25) is 4.98 Å². The van der Waals surface area contributed by atoms with Crippen LogP contribution >= 0.6 is 0 Å². The first-order valence-corrected chi connectivity index (χ1v) is 9.11. The zero-order valence-electron chi connectivity index (χ0n) is 14.8. The van der Waals surface area contributed by atoms with Gasteiger partial charge in [0.1, 0.15) is 0 Å². The van der Waals surface area contributed by atoms with Crippen molar-refractivity contribution in [2.24, 2.45) is 5.73 Å². The van der Waals surface area contributed by atoms with E-state index in [0.717, 1.165) is 57.1 Å². The van der Waals surface area contributed by atoms with Crippen LogP contribution in [-0.4, -0.2) is 27.3 Å². The number of aromatic nitrogens is 1. The summed E-state index contributed by atoms with van der Waals surface area (Å²) in [5, 5.41) is 20.9. The van der Waals surface area contributed by atoms with Crippen molar-refractivity contribution in [1.29, 1.82) is 0 Å². The van der Waals surface area contributed by atoms with Crippen LogP contribution in [0.5, 0.6) is 0 Å². The summed E-state index contributed by atoms with van der Waals surface area (Å²) in [6, 6.07) is 5.73. The predicted molar refractivity (Wildman–Crippen MR) is 95.2 cm³/mol. The Hall–Kier alpha value is -0.970. The zero-order chi connectivity index (χ0) is 17.1. The predicted octanol–water partition coefficient (Wildman–Crippen LogP) is 3.51. The van der Waals surface area contributed by atoms with Gasteiger partial charge in [-0.05, 0) is 50.8 Å². The number of aliphatic hydroxyl groups excluding tert-OH is 1. The number of nitrogens with two attached hydrogens (primary N) is 1. The van der Waals surface area contributed by atoms with E-state index in [0.29, 0.717) is 18.7 Å². The summed E-state index contributed by atoms with van der Waals surface area (Å²) < 4.78 is 0. The first-order chi connectivity index (χ1) is 11.0. The highest BCUT2D eigenvalue weighted by molar-refractivity contribution is 5.13. The fraction of sp³-hybridized carbons (Fsp3) is 0.737. The number of pyridine rings is 1. The van der Waals surface area contributed by atoms with Gasteiger partial charge in [-0.1, -0.05) is 45.6 Å². The van der Waals surface area contributed by atoms with Gasteiger partial charge in [0.15, 0.2) is 0 Å². The summed E-state index contributed by atoms with van der Waals surface area (Å²) in [5.74, 6) is 0. The highest BCUT2D eigenvalue weighted by Crippen LogP contribution is 2.27. The molecular formula is C19H34N2O2. The molecule has 1 aromatic heterocycles. The molecule has 0 aromatic carbocycles. The number of aliphatic hydroxyl groups is 2. The highest BCUT2D eigenvalue weighted by atomic mass is 16.3. The van der Waals surface area contributed by atoms with E-state index in [1.54, 1.807) is 0 Å². The van der Waals surface area contributed by atoms with Crippen molar-refractivity contribution >= 4 is 0 Å². The van der Waals surface area contributed by atoms with Crippen molar-refractivity contribution in [2.75, 3.05) is 6.54 Å². The Morgan fingerprint density at radius 3 is 2.35 bits per heavy atom. The summed E-state index contributed by atoms with van der Waals surface area (Å²) >= 11 is 0. The molecule has 0 aliphatic rings. The summed E-state index contributed by atoms with van der Waals surface area (Å²) in [7, 11) is 0. The molecule has 4 heteroatoms. The van der Waals surface area contributed by atoms with Crippen molar-refractivity contribution in [3.8, 4) is 0 Å². The van der Waals surface area contributed by atoms with Crippen LogP contribution in [0.25, 0.3) is 0 Å². The Balaban J connectivity index is 2.67. The lowest BCUT2D eigenvalue weighted by atomic mass is 9.86. The fourth-order valence-electron chi connectivity index (χ4n) is 2.88. The van der Waals surface area contributed by atoms with Gasteiger partial charge in [-0.2, -0.15) is 0 Å². The van der Waals surface area contributed by atoms with Crippen molar-refractivity contribution in [3.63, 3.8) is 0 Å². The molecule has 0 bridgehead atoms. The molecule has 0 fully saturated rings. The van der Waals surface area contributed by atoms with E-state index < -0.39 is 11.7 Å². The molecule has 1 heterocycles. The number of aryl methyl sites for hydroxylation is 1. The lowest BCUT2D eigenvalue weighted by Crippen LogP contribution is -2.29. The monoisotopic (exact) mass is 322 g/mol. The number of unbranched alkanes of at least 4 members (excludes halogenated alkanes) is 2. The second kappa shape index (κ2) is 10.7. The Bertz CT molecular complexity index is 429. The molecule has 0 amide bonds. The third kappa shape index (κ3) is 7.42. The standard InChI is InChI=1S/C19H34N2O2/c1-3-5-12-19(23,13-6-4-2)14-10-16-8-7-9-17(21-16)18(22)11-15-20/h7-9,18,22-23H,3-6,10-15,20H2,1-2H3/t18-/m1/s1. The lowest BCUT2D eigenvalue weighted by Gasteiger charge is -2.28. The Morgan fingerprint density at radius 2 is 1.78 bits per heavy atom.